The molecule has 0 unspecified atom stereocenters. The summed E-state index contributed by atoms with van der Waals surface area (Å²) in [6.07, 6.45) is 0.725. The van der Waals surface area contributed by atoms with Crippen LogP contribution in [0.2, 0.25) is 0 Å². The van der Waals surface area contributed by atoms with Crippen molar-refractivity contribution in [2.24, 2.45) is 0 Å². The third-order valence-corrected chi connectivity index (χ3v) is 6.40. The lowest BCUT2D eigenvalue weighted by Crippen LogP contribution is -2.36. The van der Waals surface area contributed by atoms with Crippen LogP contribution < -0.4 is 10.9 Å². The zero-order valence-electron chi connectivity index (χ0n) is 16.9. The van der Waals surface area contributed by atoms with E-state index in [0.717, 1.165) is 21.7 Å². The molecule has 1 atom stereocenters. The van der Waals surface area contributed by atoms with Crippen LogP contribution in [0.5, 0.6) is 0 Å². The van der Waals surface area contributed by atoms with Gasteiger partial charge in [0.15, 0.2) is 5.16 Å². The van der Waals surface area contributed by atoms with Crippen LogP contribution in [0.25, 0.3) is 10.2 Å². The average Bonchev–Trinajstić information content (AvgIpc) is 2.87. The number of thiophene rings is 1. The summed E-state index contributed by atoms with van der Waals surface area (Å²) in [5.74, 6) is -0.0521. The highest BCUT2D eigenvalue weighted by Gasteiger charge is 2.21. The zero-order valence-corrected chi connectivity index (χ0v) is 18.6. The van der Waals surface area contributed by atoms with E-state index in [0.29, 0.717) is 30.3 Å². The standard InChI is InChI=1S/C19H29N3O3S2/c1-7-25-10-8-9-22-18(24)15-12(4)13(5)26-17(15)21-19(22)27-14(6)16(23)20-11(2)3/h11,14H,7-10H2,1-6H3,(H,20,23)/t14-/m1/s1. The molecule has 0 radical (unpaired) electrons. The van der Waals surface area contributed by atoms with E-state index in [1.807, 2.05) is 41.5 Å². The molecule has 0 saturated heterocycles. The monoisotopic (exact) mass is 411 g/mol. The Hall–Kier alpha value is -1.38. The van der Waals surface area contributed by atoms with Crippen LogP contribution in [0.4, 0.5) is 0 Å². The van der Waals surface area contributed by atoms with Crippen molar-refractivity contribution in [2.75, 3.05) is 13.2 Å². The number of hydrogen-bond acceptors (Lipinski definition) is 6. The molecular formula is C19H29N3O3S2. The SMILES string of the molecule is CCOCCCn1c(S[C@H](C)C(=O)NC(C)C)nc2sc(C)c(C)c2c1=O. The Morgan fingerprint density at radius 2 is 2.04 bits per heavy atom. The summed E-state index contributed by atoms with van der Waals surface area (Å²) in [5, 5.41) is 3.87. The number of nitrogens with zero attached hydrogens (tertiary/aromatic N) is 2. The van der Waals surface area contributed by atoms with Gasteiger partial charge in [-0.2, -0.15) is 0 Å². The molecule has 0 aliphatic heterocycles. The van der Waals surface area contributed by atoms with Gasteiger partial charge < -0.3 is 10.1 Å². The number of amides is 1. The fraction of sp³-hybridized carbons (Fsp3) is 0.632. The maximum atomic E-state index is 13.2. The van der Waals surface area contributed by atoms with Crippen LogP contribution in [-0.4, -0.2) is 40.0 Å². The third-order valence-electron chi connectivity index (χ3n) is 4.21. The highest BCUT2D eigenvalue weighted by Crippen LogP contribution is 2.29. The third kappa shape index (κ3) is 5.33. The first-order chi connectivity index (χ1) is 12.8. The first-order valence-corrected chi connectivity index (χ1v) is 11.0. The van der Waals surface area contributed by atoms with E-state index in [1.54, 1.807) is 4.57 Å². The van der Waals surface area contributed by atoms with E-state index < -0.39 is 0 Å². The molecule has 2 aromatic rings. The van der Waals surface area contributed by atoms with E-state index in [2.05, 4.69) is 5.32 Å². The Morgan fingerprint density at radius 1 is 1.33 bits per heavy atom. The van der Waals surface area contributed by atoms with Gasteiger partial charge in [0, 0.05) is 30.7 Å². The topological polar surface area (TPSA) is 73.2 Å². The Balaban J connectivity index is 2.39. The summed E-state index contributed by atoms with van der Waals surface area (Å²) < 4.78 is 7.11. The molecule has 0 spiro atoms. The normalized spacial score (nSPS) is 12.7. The summed E-state index contributed by atoms with van der Waals surface area (Å²) in [6.45, 7) is 13.4. The molecule has 2 heterocycles. The van der Waals surface area contributed by atoms with Crippen LogP contribution in [0.3, 0.4) is 0 Å². The summed E-state index contributed by atoms with van der Waals surface area (Å²) >= 11 is 2.86. The summed E-state index contributed by atoms with van der Waals surface area (Å²) in [5.41, 5.74) is 0.963. The van der Waals surface area contributed by atoms with Crippen molar-refractivity contribution < 1.29 is 9.53 Å². The van der Waals surface area contributed by atoms with Crippen LogP contribution >= 0.6 is 23.1 Å². The zero-order chi connectivity index (χ0) is 20.1. The second kappa shape index (κ2) is 9.71. The van der Waals surface area contributed by atoms with Crippen molar-refractivity contribution in [1.82, 2.24) is 14.9 Å². The summed E-state index contributed by atoms with van der Waals surface area (Å²) in [6, 6.07) is 0.0759. The molecule has 6 nitrogen and oxygen atoms in total. The summed E-state index contributed by atoms with van der Waals surface area (Å²) in [4.78, 5) is 32.0. The minimum Gasteiger partial charge on any atom is -0.382 e. The van der Waals surface area contributed by atoms with E-state index in [-0.39, 0.29) is 22.8 Å². The molecule has 1 N–H and O–H groups in total. The molecule has 27 heavy (non-hydrogen) atoms. The number of ether oxygens (including phenoxy) is 1. The number of fused-ring (bicyclic) bond motifs is 1. The van der Waals surface area contributed by atoms with Crippen LogP contribution in [0.1, 0.15) is 44.6 Å². The Bertz CT molecular complexity index is 858. The van der Waals surface area contributed by atoms with Crippen molar-refractivity contribution in [2.45, 2.75) is 71.0 Å². The van der Waals surface area contributed by atoms with Crippen molar-refractivity contribution in [3.8, 4) is 0 Å². The molecular weight excluding hydrogens is 382 g/mol. The number of aryl methyl sites for hydroxylation is 2. The van der Waals surface area contributed by atoms with Crippen molar-refractivity contribution in [1.29, 1.82) is 0 Å². The minimum absolute atomic E-state index is 0.0303. The maximum absolute atomic E-state index is 13.2. The van der Waals surface area contributed by atoms with Gasteiger partial charge in [-0.15, -0.1) is 11.3 Å². The maximum Gasteiger partial charge on any atom is 0.263 e. The molecule has 0 fully saturated rings. The van der Waals surface area contributed by atoms with E-state index in [4.69, 9.17) is 9.72 Å². The Labute approximate surface area is 168 Å². The number of carbonyl (C=O) groups excluding carboxylic acids is 1. The minimum atomic E-state index is -0.336. The van der Waals surface area contributed by atoms with Crippen LogP contribution in [0, 0.1) is 13.8 Å². The first-order valence-electron chi connectivity index (χ1n) is 9.31. The average molecular weight is 412 g/mol. The number of aromatic nitrogens is 2. The number of rotatable bonds is 9. The second-order valence-corrected chi connectivity index (χ2v) is 9.30. The van der Waals surface area contributed by atoms with Crippen LogP contribution in [0.15, 0.2) is 9.95 Å². The molecule has 0 bridgehead atoms. The molecule has 0 aliphatic rings. The Kier molecular flexibility index (Phi) is 7.88. The molecule has 0 saturated carbocycles. The van der Waals surface area contributed by atoms with Gasteiger partial charge in [0.25, 0.3) is 5.56 Å². The lowest BCUT2D eigenvalue weighted by molar-refractivity contribution is -0.120. The van der Waals surface area contributed by atoms with Crippen molar-refractivity contribution in [3.63, 3.8) is 0 Å². The van der Waals surface area contributed by atoms with Gasteiger partial charge in [-0.1, -0.05) is 11.8 Å². The molecule has 0 aromatic carbocycles. The smallest absolute Gasteiger partial charge is 0.263 e. The fourth-order valence-corrected chi connectivity index (χ4v) is 4.69. The quantitative estimate of drug-likeness (QED) is 0.388. The van der Waals surface area contributed by atoms with Crippen molar-refractivity contribution in [3.05, 3.63) is 20.8 Å². The molecule has 150 valence electrons. The van der Waals surface area contributed by atoms with Gasteiger partial charge in [-0.05, 0) is 53.5 Å². The summed E-state index contributed by atoms with van der Waals surface area (Å²) in [7, 11) is 0. The van der Waals surface area contributed by atoms with E-state index >= 15 is 0 Å². The van der Waals surface area contributed by atoms with Gasteiger partial charge in [-0.25, -0.2) is 4.98 Å². The van der Waals surface area contributed by atoms with Gasteiger partial charge in [0.05, 0.1) is 10.6 Å². The lowest BCUT2D eigenvalue weighted by Gasteiger charge is -2.17. The van der Waals surface area contributed by atoms with Crippen LogP contribution in [-0.2, 0) is 16.1 Å². The Morgan fingerprint density at radius 3 is 2.67 bits per heavy atom. The molecule has 8 heteroatoms. The van der Waals surface area contributed by atoms with Gasteiger partial charge in [0.1, 0.15) is 4.83 Å². The molecule has 1 amide bonds. The predicted octanol–water partition coefficient (Wildman–Crippen LogP) is 3.51. The molecule has 0 aliphatic carbocycles. The number of carbonyl (C=O) groups is 1. The lowest BCUT2D eigenvalue weighted by atomic mass is 10.2. The van der Waals surface area contributed by atoms with E-state index in [1.165, 1.54) is 23.1 Å². The fourth-order valence-electron chi connectivity index (χ4n) is 2.68. The molecule has 2 aromatic heterocycles. The van der Waals surface area contributed by atoms with Gasteiger partial charge in [-0.3, -0.25) is 14.2 Å². The number of hydrogen-bond donors (Lipinski definition) is 1. The molecule has 2 rings (SSSR count). The highest BCUT2D eigenvalue weighted by atomic mass is 32.2. The highest BCUT2D eigenvalue weighted by molar-refractivity contribution is 8.00. The largest absolute Gasteiger partial charge is 0.382 e. The van der Waals surface area contributed by atoms with Crippen molar-refractivity contribution >= 4 is 39.2 Å². The van der Waals surface area contributed by atoms with Gasteiger partial charge in [0.2, 0.25) is 5.91 Å². The second-order valence-electron chi connectivity index (χ2n) is 6.79. The first kappa shape index (κ1) is 21.9. The van der Waals surface area contributed by atoms with E-state index in [9.17, 15) is 9.59 Å². The predicted molar refractivity (Wildman–Crippen MR) is 113 cm³/mol. The number of nitrogens with one attached hydrogen (secondary N) is 1. The van der Waals surface area contributed by atoms with Gasteiger partial charge >= 0.3 is 0 Å². The number of thioether (sulfide) groups is 1.